The van der Waals surface area contributed by atoms with Crippen LogP contribution in [0.5, 0.6) is 0 Å². The number of thiazole rings is 1. The highest BCUT2D eigenvalue weighted by molar-refractivity contribution is 7.99. The van der Waals surface area contributed by atoms with Crippen LogP contribution in [-0.2, 0) is 6.54 Å². The second-order valence-electron chi connectivity index (χ2n) is 6.28. The van der Waals surface area contributed by atoms with Crippen molar-refractivity contribution in [3.05, 3.63) is 78.0 Å². The van der Waals surface area contributed by atoms with E-state index in [9.17, 15) is 10.4 Å². The van der Waals surface area contributed by atoms with Crippen LogP contribution in [0.3, 0.4) is 0 Å². The van der Waals surface area contributed by atoms with Gasteiger partial charge in [-0.15, -0.1) is 28.1 Å². The number of nitriles is 1. The summed E-state index contributed by atoms with van der Waals surface area (Å²) in [5, 5.41) is 30.0. The van der Waals surface area contributed by atoms with E-state index >= 15 is 0 Å². The van der Waals surface area contributed by atoms with Gasteiger partial charge in [0.2, 0.25) is 0 Å². The number of aliphatic hydroxyl groups excluding tert-OH is 1. The molecule has 0 fully saturated rings. The molecule has 4 aromatic rings. The number of para-hydroxylation sites is 1. The molecule has 0 spiro atoms. The number of fused-ring (bicyclic) bond motifs is 1. The zero-order chi connectivity index (χ0) is 20.9. The van der Waals surface area contributed by atoms with Crippen molar-refractivity contribution in [2.45, 2.75) is 11.7 Å². The lowest BCUT2D eigenvalue weighted by molar-refractivity contribution is 0.420. The molecule has 2 aromatic heterocycles. The Bertz CT molecular complexity index is 1230. The first-order chi connectivity index (χ1) is 14.7. The second kappa shape index (κ2) is 8.95. The van der Waals surface area contributed by atoms with Gasteiger partial charge in [-0.2, -0.15) is 5.26 Å². The molecule has 0 atom stereocenters. The Morgan fingerprint density at radius 1 is 1.17 bits per heavy atom. The van der Waals surface area contributed by atoms with Gasteiger partial charge in [-0.25, -0.2) is 4.98 Å². The zero-order valence-corrected chi connectivity index (χ0v) is 17.5. The number of allylic oxidation sites excluding steroid dienone is 2. The Kier molecular flexibility index (Phi) is 5.93. The minimum atomic E-state index is -0.0315. The first kappa shape index (κ1) is 19.9. The van der Waals surface area contributed by atoms with Gasteiger partial charge >= 0.3 is 0 Å². The average molecular weight is 432 g/mol. The monoisotopic (exact) mass is 431 g/mol. The number of nitrogens with zero attached hydrogens (tertiary/aromatic N) is 5. The first-order valence-electron chi connectivity index (χ1n) is 9.11. The molecular formula is C22H17N5OS2. The van der Waals surface area contributed by atoms with Crippen molar-refractivity contribution in [1.29, 1.82) is 5.26 Å². The molecule has 0 radical (unpaired) electrons. The van der Waals surface area contributed by atoms with Gasteiger partial charge in [0, 0.05) is 12.1 Å². The summed E-state index contributed by atoms with van der Waals surface area (Å²) in [6.07, 6.45) is 1.78. The first-order valence-corrected chi connectivity index (χ1v) is 10.9. The van der Waals surface area contributed by atoms with E-state index in [1.165, 1.54) is 23.1 Å². The van der Waals surface area contributed by atoms with Crippen LogP contribution in [0.25, 0.3) is 27.2 Å². The van der Waals surface area contributed by atoms with Crippen molar-refractivity contribution in [3.63, 3.8) is 0 Å². The Labute approximate surface area is 181 Å². The van der Waals surface area contributed by atoms with Crippen molar-refractivity contribution < 1.29 is 5.11 Å². The molecule has 8 heteroatoms. The van der Waals surface area contributed by atoms with E-state index < -0.39 is 0 Å². The lowest BCUT2D eigenvalue weighted by Crippen LogP contribution is -2.01. The van der Waals surface area contributed by atoms with Crippen LogP contribution in [-0.4, -0.2) is 30.6 Å². The fraction of sp³-hybridized carbons (Fsp3) is 0.0909. The van der Waals surface area contributed by atoms with Gasteiger partial charge in [-0.1, -0.05) is 60.3 Å². The van der Waals surface area contributed by atoms with Crippen LogP contribution in [0, 0.1) is 11.3 Å². The smallest absolute Gasteiger partial charge is 0.192 e. The van der Waals surface area contributed by atoms with Gasteiger partial charge in [0.1, 0.15) is 22.4 Å². The minimum absolute atomic E-state index is 0.0315. The van der Waals surface area contributed by atoms with E-state index in [1.54, 1.807) is 6.08 Å². The van der Waals surface area contributed by atoms with E-state index in [2.05, 4.69) is 27.8 Å². The summed E-state index contributed by atoms with van der Waals surface area (Å²) in [5.41, 5.74) is 1.94. The van der Waals surface area contributed by atoms with E-state index in [1.807, 2.05) is 59.2 Å². The number of benzene rings is 2. The fourth-order valence-electron chi connectivity index (χ4n) is 2.91. The van der Waals surface area contributed by atoms with E-state index in [0.717, 1.165) is 21.6 Å². The van der Waals surface area contributed by atoms with Gasteiger partial charge in [0.25, 0.3) is 0 Å². The summed E-state index contributed by atoms with van der Waals surface area (Å²) in [6, 6.07) is 19.5. The molecule has 1 N–H and O–H groups in total. The maximum atomic E-state index is 10.6. The largest absolute Gasteiger partial charge is 0.510 e. The standard InChI is InChI=1S/C22H17N5OS2/c1-2-12-27-20(15-8-4-3-5-9-15)25-26-22(27)29-14-18(28)16(13-23)21-24-17-10-6-7-11-19(17)30-21/h2-11,28H,1,12,14H2/b18-16-. The number of thioether (sulfide) groups is 1. The predicted molar refractivity (Wildman–Crippen MR) is 121 cm³/mol. The molecule has 4 rings (SSSR count). The highest BCUT2D eigenvalue weighted by Gasteiger charge is 2.17. The maximum absolute atomic E-state index is 10.6. The molecule has 2 heterocycles. The Hall–Kier alpha value is -3.41. The molecule has 0 bridgehead atoms. The van der Waals surface area contributed by atoms with E-state index in [-0.39, 0.29) is 17.1 Å². The van der Waals surface area contributed by atoms with E-state index in [0.29, 0.717) is 16.7 Å². The van der Waals surface area contributed by atoms with Crippen LogP contribution in [0.4, 0.5) is 0 Å². The van der Waals surface area contributed by atoms with Crippen LogP contribution >= 0.6 is 23.1 Å². The topological polar surface area (TPSA) is 87.6 Å². The maximum Gasteiger partial charge on any atom is 0.192 e. The minimum Gasteiger partial charge on any atom is -0.510 e. The summed E-state index contributed by atoms with van der Waals surface area (Å²) in [4.78, 5) is 4.47. The summed E-state index contributed by atoms with van der Waals surface area (Å²) >= 11 is 2.70. The number of aromatic nitrogens is 4. The normalized spacial score (nSPS) is 11.8. The summed E-state index contributed by atoms with van der Waals surface area (Å²) in [6.45, 7) is 4.35. The number of hydrogen-bond donors (Lipinski definition) is 1. The van der Waals surface area contributed by atoms with Gasteiger partial charge in [-0.3, -0.25) is 4.57 Å². The summed E-state index contributed by atoms with van der Waals surface area (Å²) in [7, 11) is 0. The van der Waals surface area contributed by atoms with Gasteiger partial charge in [0.05, 0.1) is 16.0 Å². The highest BCUT2D eigenvalue weighted by Crippen LogP contribution is 2.30. The number of hydrogen-bond acceptors (Lipinski definition) is 7. The summed E-state index contributed by atoms with van der Waals surface area (Å²) < 4.78 is 2.91. The highest BCUT2D eigenvalue weighted by atomic mass is 32.2. The van der Waals surface area contributed by atoms with Crippen molar-refractivity contribution in [3.8, 4) is 17.5 Å². The quantitative estimate of drug-likeness (QED) is 0.184. The zero-order valence-electron chi connectivity index (χ0n) is 15.9. The number of rotatable bonds is 7. The van der Waals surface area contributed by atoms with Crippen LogP contribution < -0.4 is 0 Å². The van der Waals surface area contributed by atoms with Gasteiger partial charge in [0.15, 0.2) is 11.0 Å². The van der Waals surface area contributed by atoms with Crippen LogP contribution in [0.2, 0.25) is 0 Å². The van der Waals surface area contributed by atoms with Crippen molar-refractivity contribution in [2.75, 3.05) is 5.75 Å². The van der Waals surface area contributed by atoms with Crippen LogP contribution in [0.1, 0.15) is 5.01 Å². The molecule has 2 aromatic carbocycles. The SMILES string of the molecule is C=CCn1c(SC/C(O)=C(\C#N)c2nc3ccccc3s2)nnc1-c1ccccc1. The van der Waals surface area contributed by atoms with Crippen molar-refractivity contribution in [2.24, 2.45) is 0 Å². The molecule has 0 unspecified atom stereocenters. The summed E-state index contributed by atoms with van der Waals surface area (Å²) in [5.74, 6) is 0.882. The second-order valence-corrected chi connectivity index (χ2v) is 8.25. The molecule has 0 aliphatic rings. The third-order valence-electron chi connectivity index (χ3n) is 4.31. The van der Waals surface area contributed by atoms with Crippen molar-refractivity contribution in [1.82, 2.24) is 19.7 Å². The lowest BCUT2D eigenvalue weighted by atomic mass is 10.2. The molecule has 6 nitrogen and oxygen atoms in total. The Morgan fingerprint density at radius 2 is 1.93 bits per heavy atom. The third kappa shape index (κ3) is 3.99. The number of aliphatic hydroxyl groups is 1. The van der Waals surface area contributed by atoms with Crippen LogP contribution in [0.15, 0.2) is 78.2 Å². The molecule has 0 saturated carbocycles. The van der Waals surface area contributed by atoms with Gasteiger partial charge in [-0.05, 0) is 12.1 Å². The molecule has 148 valence electrons. The molecule has 0 amide bonds. The predicted octanol–water partition coefficient (Wildman–Crippen LogP) is 5.33. The van der Waals surface area contributed by atoms with E-state index in [4.69, 9.17) is 0 Å². The third-order valence-corrected chi connectivity index (χ3v) is 6.34. The molecule has 0 aliphatic heterocycles. The molecule has 30 heavy (non-hydrogen) atoms. The Morgan fingerprint density at radius 3 is 2.67 bits per heavy atom. The average Bonchev–Trinajstić information content (AvgIpc) is 3.38. The molecule has 0 aliphatic carbocycles. The Balaban J connectivity index is 1.61. The molecular weight excluding hydrogens is 414 g/mol. The lowest BCUT2D eigenvalue weighted by Gasteiger charge is -2.08. The molecule has 0 saturated heterocycles. The van der Waals surface area contributed by atoms with Gasteiger partial charge < -0.3 is 5.11 Å². The van der Waals surface area contributed by atoms with Crippen molar-refractivity contribution >= 4 is 38.9 Å². The fourth-order valence-corrected chi connectivity index (χ4v) is 4.72.